The molecule has 0 atom stereocenters. The van der Waals surface area contributed by atoms with Gasteiger partial charge in [-0.15, -0.1) is 6.92 Å². The second kappa shape index (κ2) is 3.23. The van der Waals surface area contributed by atoms with E-state index in [-0.39, 0.29) is 24.9 Å². The molecule has 1 heteroatoms. The van der Waals surface area contributed by atoms with E-state index in [0.717, 1.165) is 0 Å². The van der Waals surface area contributed by atoms with Gasteiger partial charge in [0, 0.05) is 19.5 Å². The third-order valence-electron chi connectivity index (χ3n) is 2.56. The Labute approximate surface area is 82.5 Å². The summed E-state index contributed by atoms with van der Waals surface area (Å²) in [7, 11) is 0. The normalized spacial score (nSPS) is 21.4. The molecule has 0 aromatic carbocycles. The summed E-state index contributed by atoms with van der Waals surface area (Å²) in [6, 6.07) is 0. The Kier molecular flexibility index (Phi) is 3.26. The van der Waals surface area contributed by atoms with Crippen molar-refractivity contribution in [3.05, 3.63) is 22.8 Å². The van der Waals surface area contributed by atoms with Gasteiger partial charge in [-0.05, 0) is 0 Å². The molecule has 0 saturated carbocycles. The predicted octanol–water partition coefficient (Wildman–Crippen LogP) is 3.11. The fraction of sp³-hybridized carbons (Fsp3) is 0.600. The van der Waals surface area contributed by atoms with E-state index < -0.39 is 0 Å². The Morgan fingerprint density at radius 2 is 1.55 bits per heavy atom. The molecular weight excluding hydrogens is 185 g/mol. The molecule has 11 heavy (non-hydrogen) atoms. The minimum Gasteiger partial charge on any atom is -0.263 e. The molecule has 0 fully saturated rings. The van der Waals surface area contributed by atoms with Crippen LogP contribution in [0.5, 0.6) is 0 Å². The Balaban J connectivity index is 0.000001000. The summed E-state index contributed by atoms with van der Waals surface area (Å²) >= 11 is 0. The maximum absolute atomic E-state index is 3.44. The van der Waals surface area contributed by atoms with E-state index in [9.17, 15) is 0 Å². The zero-order chi connectivity index (χ0) is 7.94. The van der Waals surface area contributed by atoms with Crippen molar-refractivity contribution in [2.24, 2.45) is 5.41 Å². The Hall–Kier alpha value is 0.103. The molecular formula is C10H15Zn-. The molecule has 0 aromatic heterocycles. The Bertz CT molecular complexity index is 219. The van der Waals surface area contributed by atoms with Crippen molar-refractivity contribution in [1.29, 1.82) is 0 Å². The first-order valence-electron chi connectivity index (χ1n) is 3.75. The molecule has 58 valence electrons. The summed E-state index contributed by atoms with van der Waals surface area (Å²) in [6.07, 6.45) is 3.44. The van der Waals surface area contributed by atoms with Crippen LogP contribution in [-0.2, 0) is 19.5 Å². The van der Waals surface area contributed by atoms with Crippen LogP contribution in [0, 0.1) is 11.5 Å². The van der Waals surface area contributed by atoms with E-state index >= 15 is 0 Å². The van der Waals surface area contributed by atoms with Gasteiger partial charge in [-0.25, -0.2) is 5.57 Å². The van der Waals surface area contributed by atoms with Crippen LogP contribution in [0.25, 0.3) is 0 Å². The maximum atomic E-state index is 3.44. The molecule has 0 aliphatic heterocycles. The smallest absolute Gasteiger partial charge is 0 e. The average Bonchev–Trinajstić information content (AvgIpc) is 1.95. The quantitative estimate of drug-likeness (QED) is 0.416. The SMILES string of the molecule is CC1=[C-]C(C)(C)C(C)=C1C.[Zn]. The number of hydrogen-bond donors (Lipinski definition) is 0. The molecule has 0 saturated heterocycles. The summed E-state index contributed by atoms with van der Waals surface area (Å²) in [5.41, 5.74) is 4.39. The van der Waals surface area contributed by atoms with Gasteiger partial charge in [0.15, 0.2) is 0 Å². The first-order chi connectivity index (χ1) is 4.45. The van der Waals surface area contributed by atoms with Crippen LogP contribution in [0.1, 0.15) is 34.6 Å². The minimum absolute atomic E-state index is 0. The van der Waals surface area contributed by atoms with Crippen molar-refractivity contribution in [3.8, 4) is 0 Å². The number of rotatable bonds is 0. The van der Waals surface area contributed by atoms with E-state index in [0.29, 0.717) is 0 Å². The first kappa shape index (κ1) is 11.1. The molecule has 1 aliphatic rings. The fourth-order valence-electron chi connectivity index (χ4n) is 1.41. The van der Waals surface area contributed by atoms with E-state index in [4.69, 9.17) is 0 Å². The summed E-state index contributed by atoms with van der Waals surface area (Å²) in [5, 5.41) is 0. The topological polar surface area (TPSA) is 0 Å². The molecule has 0 aromatic rings. The van der Waals surface area contributed by atoms with Gasteiger partial charge in [0.2, 0.25) is 0 Å². The number of hydrogen-bond acceptors (Lipinski definition) is 0. The van der Waals surface area contributed by atoms with Gasteiger partial charge in [0.1, 0.15) is 0 Å². The van der Waals surface area contributed by atoms with Gasteiger partial charge in [-0.1, -0.05) is 33.1 Å². The van der Waals surface area contributed by atoms with Crippen molar-refractivity contribution in [3.63, 3.8) is 0 Å². The third-order valence-corrected chi connectivity index (χ3v) is 2.56. The van der Waals surface area contributed by atoms with E-state index in [1.54, 1.807) is 0 Å². The molecule has 0 bridgehead atoms. The van der Waals surface area contributed by atoms with Crippen LogP contribution in [0.3, 0.4) is 0 Å². The minimum atomic E-state index is 0. The molecule has 0 N–H and O–H groups in total. The van der Waals surface area contributed by atoms with Gasteiger partial charge in [-0.3, -0.25) is 6.08 Å². The van der Waals surface area contributed by atoms with Gasteiger partial charge >= 0.3 is 0 Å². The van der Waals surface area contributed by atoms with Crippen molar-refractivity contribution in [2.75, 3.05) is 0 Å². The second-order valence-electron chi connectivity index (χ2n) is 3.62. The maximum Gasteiger partial charge on any atom is 0 e. The molecule has 1 rings (SSSR count). The fourth-order valence-corrected chi connectivity index (χ4v) is 1.41. The zero-order valence-corrected chi connectivity index (χ0v) is 11.2. The van der Waals surface area contributed by atoms with Crippen LogP contribution in [0.4, 0.5) is 0 Å². The third kappa shape index (κ3) is 1.82. The molecule has 0 amide bonds. The van der Waals surface area contributed by atoms with Gasteiger partial charge in [-0.2, -0.15) is 11.1 Å². The van der Waals surface area contributed by atoms with Crippen LogP contribution in [0.2, 0.25) is 0 Å². The van der Waals surface area contributed by atoms with Gasteiger partial charge < -0.3 is 0 Å². The molecule has 0 radical (unpaired) electrons. The summed E-state index contributed by atoms with van der Waals surface area (Å²) in [4.78, 5) is 0. The van der Waals surface area contributed by atoms with Gasteiger partial charge in [0.25, 0.3) is 0 Å². The summed E-state index contributed by atoms with van der Waals surface area (Å²) in [5.74, 6) is 0. The number of allylic oxidation sites excluding steroid dienone is 4. The van der Waals surface area contributed by atoms with E-state index in [2.05, 4.69) is 40.7 Å². The zero-order valence-electron chi connectivity index (χ0n) is 8.21. The van der Waals surface area contributed by atoms with Gasteiger partial charge in [0.05, 0.1) is 0 Å². The van der Waals surface area contributed by atoms with Crippen molar-refractivity contribution in [1.82, 2.24) is 0 Å². The molecule has 0 unspecified atom stereocenters. The Morgan fingerprint density at radius 3 is 1.64 bits per heavy atom. The Morgan fingerprint density at radius 1 is 1.09 bits per heavy atom. The second-order valence-corrected chi connectivity index (χ2v) is 3.62. The monoisotopic (exact) mass is 199 g/mol. The average molecular weight is 201 g/mol. The van der Waals surface area contributed by atoms with Crippen LogP contribution >= 0.6 is 0 Å². The van der Waals surface area contributed by atoms with E-state index in [1.807, 2.05) is 0 Å². The van der Waals surface area contributed by atoms with Crippen molar-refractivity contribution in [2.45, 2.75) is 34.6 Å². The summed E-state index contributed by atoms with van der Waals surface area (Å²) in [6.45, 7) is 10.9. The first-order valence-corrected chi connectivity index (χ1v) is 3.75. The van der Waals surface area contributed by atoms with Crippen LogP contribution in [-0.4, -0.2) is 0 Å². The van der Waals surface area contributed by atoms with Crippen molar-refractivity contribution < 1.29 is 19.5 Å². The molecule has 0 spiro atoms. The van der Waals surface area contributed by atoms with Crippen LogP contribution in [0.15, 0.2) is 16.7 Å². The molecule has 1 aliphatic carbocycles. The predicted molar refractivity (Wildman–Crippen MR) is 44.6 cm³/mol. The van der Waals surface area contributed by atoms with E-state index in [1.165, 1.54) is 16.7 Å². The molecule has 0 heterocycles. The van der Waals surface area contributed by atoms with Crippen molar-refractivity contribution >= 4 is 0 Å². The largest absolute Gasteiger partial charge is 0.263 e. The molecule has 0 nitrogen and oxygen atoms in total. The standard InChI is InChI=1S/C10H15.Zn/c1-7-6-10(4,5)9(3)8(7)2;/h1-5H3;/q-1;. The van der Waals surface area contributed by atoms with Crippen LogP contribution < -0.4 is 0 Å². The summed E-state index contributed by atoms with van der Waals surface area (Å²) < 4.78 is 0.